The predicted molar refractivity (Wildman–Crippen MR) is 127 cm³/mol. The van der Waals surface area contributed by atoms with Gasteiger partial charge in [-0.15, -0.1) is 0 Å². The van der Waals surface area contributed by atoms with Crippen molar-refractivity contribution in [3.63, 3.8) is 0 Å². The molecule has 2 aliphatic heterocycles. The predicted octanol–water partition coefficient (Wildman–Crippen LogP) is 3.45. The van der Waals surface area contributed by atoms with Gasteiger partial charge in [0.1, 0.15) is 6.04 Å². The van der Waals surface area contributed by atoms with Crippen LogP contribution in [-0.4, -0.2) is 67.3 Å². The van der Waals surface area contributed by atoms with Gasteiger partial charge < -0.3 is 9.80 Å². The average Bonchev–Trinajstić information content (AvgIpc) is 3.47. The second kappa shape index (κ2) is 8.62. The van der Waals surface area contributed by atoms with Gasteiger partial charge in [-0.1, -0.05) is 35.1 Å². The fourth-order valence-electron chi connectivity index (χ4n) is 4.34. The smallest absolute Gasteiger partial charge is 0.243 e. The maximum atomic E-state index is 13.3. The van der Waals surface area contributed by atoms with Crippen LogP contribution in [0.2, 0.25) is 5.02 Å². The molecule has 1 unspecified atom stereocenters. The van der Waals surface area contributed by atoms with Crippen molar-refractivity contribution >= 4 is 54.2 Å². The van der Waals surface area contributed by atoms with E-state index in [9.17, 15) is 13.2 Å². The molecule has 0 bridgehead atoms. The third-order valence-electron chi connectivity index (χ3n) is 6.05. The van der Waals surface area contributed by atoms with E-state index in [-0.39, 0.29) is 10.8 Å². The van der Waals surface area contributed by atoms with Crippen molar-refractivity contribution in [2.24, 2.45) is 0 Å². The van der Waals surface area contributed by atoms with Crippen LogP contribution in [0.5, 0.6) is 0 Å². The number of piperazine rings is 1. The topological polar surface area (TPSA) is 73.8 Å². The summed E-state index contributed by atoms with van der Waals surface area (Å²) in [6, 6.07) is 13.5. The normalized spacial score (nSPS) is 20.2. The highest BCUT2D eigenvalue weighted by molar-refractivity contribution is 7.89. The fraction of sp³-hybridized carbons (Fsp3) is 0.364. The molecule has 0 aliphatic carbocycles. The van der Waals surface area contributed by atoms with E-state index in [1.54, 1.807) is 28.4 Å². The lowest BCUT2D eigenvalue weighted by atomic mass is 10.2. The summed E-state index contributed by atoms with van der Waals surface area (Å²) in [6.07, 6.45) is 1.22. The Bertz CT molecular complexity index is 1200. The maximum Gasteiger partial charge on any atom is 0.243 e. The standard InChI is InChI=1S/C22H23ClN4O3S2/c23-16-7-9-17(10-8-16)32(29,30)27-11-3-5-19(27)21(28)25-12-14-26(15-13-25)22-24-18-4-1-2-6-20(18)31-22/h1-2,4,6-10,19H,3,5,11-15H2. The van der Waals surface area contributed by atoms with E-state index in [4.69, 9.17) is 16.6 Å². The Morgan fingerprint density at radius 2 is 1.72 bits per heavy atom. The molecule has 1 aromatic heterocycles. The second-order valence-corrected chi connectivity index (χ2v) is 11.3. The van der Waals surface area contributed by atoms with Gasteiger partial charge >= 0.3 is 0 Å². The minimum absolute atomic E-state index is 0.107. The molecule has 2 aromatic carbocycles. The summed E-state index contributed by atoms with van der Waals surface area (Å²) in [6.45, 7) is 2.83. The van der Waals surface area contributed by atoms with Crippen LogP contribution in [0.15, 0.2) is 53.4 Å². The number of fused-ring (bicyclic) bond motifs is 1. The Kier molecular flexibility index (Phi) is 5.83. The van der Waals surface area contributed by atoms with Gasteiger partial charge in [0.05, 0.1) is 15.1 Å². The van der Waals surface area contributed by atoms with Gasteiger partial charge in [0.2, 0.25) is 15.9 Å². The maximum absolute atomic E-state index is 13.3. The molecule has 32 heavy (non-hydrogen) atoms. The molecule has 1 amide bonds. The molecule has 2 aliphatic rings. The molecule has 0 N–H and O–H groups in total. The number of aromatic nitrogens is 1. The molecular formula is C22H23ClN4O3S2. The lowest BCUT2D eigenvalue weighted by Crippen LogP contribution is -2.54. The van der Waals surface area contributed by atoms with Crippen LogP contribution in [0.4, 0.5) is 5.13 Å². The number of thiazole rings is 1. The third kappa shape index (κ3) is 3.98. The quantitative estimate of drug-likeness (QED) is 0.560. The lowest BCUT2D eigenvalue weighted by molar-refractivity contribution is -0.134. The number of para-hydroxylation sites is 1. The van der Waals surface area contributed by atoms with Crippen molar-refractivity contribution in [3.8, 4) is 0 Å². The number of nitrogens with zero attached hydrogens (tertiary/aromatic N) is 4. The van der Waals surface area contributed by atoms with Crippen LogP contribution in [-0.2, 0) is 14.8 Å². The minimum atomic E-state index is -3.75. The summed E-state index contributed by atoms with van der Waals surface area (Å²) in [5.41, 5.74) is 0.986. The zero-order chi connectivity index (χ0) is 22.3. The molecule has 5 rings (SSSR count). The van der Waals surface area contributed by atoms with Gasteiger partial charge in [-0.3, -0.25) is 4.79 Å². The number of halogens is 1. The van der Waals surface area contributed by atoms with Gasteiger partial charge in [0, 0.05) is 37.7 Å². The Labute approximate surface area is 196 Å². The van der Waals surface area contributed by atoms with Gasteiger partial charge in [-0.25, -0.2) is 13.4 Å². The van der Waals surface area contributed by atoms with E-state index in [1.165, 1.54) is 16.4 Å². The highest BCUT2D eigenvalue weighted by Crippen LogP contribution is 2.31. The highest BCUT2D eigenvalue weighted by Gasteiger charge is 2.41. The summed E-state index contributed by atoms with van der Waals surface area (Å²) in [5.74, 6) is -0.107. The van der Waals surface area contributed by atoms with E-state index in [0.717, 1.165) is 15.3 Å². The zero-order valence-electron chi connectivity index (χ0n) is 17.4. The van der Waals surface area contributed by atoms with Crippen molar-refractivity contribution in [2.45, 2.75) is 23.8 Å². The summed E-state index contributed by atoms with van der Waals surface area (Å²) >= 11 is 7.56. The number of carbonyl (C=O) groups is 1. The van der Waals surface area contributed by atoms with E-state index in [1.807, 2.05) is 18.2 Å². The molecule has 10 heteroatoms. The molecule has 2 saturated heterocycles. The third-order valence-corrected chi connectivity index (χ3v) is 9.33. The number of sulfonamides is 1. The summed E-state index contributed by atoms with van der Waals surface area (Å²) in [7, 11) is -3.75. The van der Waals surface area contributed by atoms with Gasteiger partial charge in [0.15, 0.2) is 5.13 Å². The Hall–Kier alpha value is -2.20. The summed E-state index contributed by atoms with van der Waals surface area (Å²) in [4.78, 5) is 22.2. The first-order chi connectivity index (χ1) is 15.4. The molecule has 2 fully saturated rings. The molecular weight excluding hydrogens is 468 g/mol. The number of amides is 1. The number of anilines is 1. The highest BCUT2D eigenvalue weighted by atomic mass is 35.5. The van der Waals surface area contributed by atoms with E-state index >= 15 is 0 Å². The molecule has 0 spiro atoms. The van der Waals surface area contributed by atoms with Crippen molar-refractivity contribution in [2.75, 3.05) is 37.6 Å². The monoisotopic (exact) mass is 490 g/mol. The number of hydrogen-bond donors (Lipinski definition) is 0. The van der Waals surface area contributed by atoms with Crippen molar-refractivity contribution < 1.29 is 13.2 Å². The van der Waals surface area contributed by atoms with E-state index in [0.29, 0.717) is 50.6 Å². The Morgan fingerprint density at radius 3 is 2.44 bits per heavy atom. The molecule has 168 valence electrons. The van der Waals surface area contributed by atoms with Crippen molar-refractivity contribution in [1.82, 2.24) is 14.2 Å². The number of rotatable bonds is 4. The van der Waals surface area contributed by atoms with Crippen LogP contribution in [0, 0.1) is 0 Å². The van der Waals surface area contributed by atoms with Crippen LogP contribution < -0.4 is 4.90 Å². The fourth-order valence-corrected chi connectivity index (χ4v) is 7.13. The molecule has 3 heterocycles. The van der Waals surface area contributed by atoms with Crippen LogP contribution in [0.3, 0.4) is 0 Å². The zero-order valence-corrected chi connectivity index (χ0v) is 19.7. The lowest BCUT2D eigenvalue weighted by Gasteiger charge is -2.37. The van der Waals surface area contributed by atoms with Crippen molar-refractivity contribution in [1.29, 1.82) is 0 Å². The van der Waals surface area contributed by atoms with Gasteiger partial charge in [0.25, 0.3) is 0 Å². The number of hydrogen-bond acceptors (Lipinski definition) is 6. The first-order valence-electron chi connectivity index (χ1n) is 10.6. The van der Waals surface area contributed by atoms with Crippen LogP contribution in [0.1, 0.15) is 12.8 Å². The molecule has 7 nitrogen and oxygen atoms in total. The SMILES string of the molecule is O=C(C1CCCN1S(=O)(=O)c1ccc(Cl)cc1)N1CCN(c2nc3ccccc3s2)CC1. The van der Waals surface area contributed by atoms with Crippen LogP contribution >= 0.6 is 22.9 Å². The van der Waals surface area contributed by atoms with E-state index < -0.39 is 16.1 Å². The largest absolute Gasteiger partial charge is 0.345 e. The Balaban J connectivity index is 1.27. The molecule has 0 saturated carbocycles. The minimum Gasteiger partial charge on any atom is -0.345 e. The Morgan fingerprint density at radius 1 is 1.00 bits per heavy atom. The molecule has 0 radical (unpaired) electrons. The van der Waals surface area contributed by atoms with Gasteiger partial charge in [-0.2, -0.15) is 4.31 Å². The average molecular weight is 491 g/mol. The van der Waals surface area contributed by atoms with E-state index in [2.05, 4.69) is 11.0 Å². The second-order valence-electron chi connectivity index (χ2n) is 8.00. The first kappa shape index (κ1) is 21.6. The summed E-state index contributed by atoms with van der Waals surface area (Å²) < 4.78 is 28.8. The van der Waals surface area contributed by atoms with Gasteiger partial charge in [-0.05, 0) is 49.2 Å². The number of benzene rings is 2. The van der Waals surface area contributed by atoms with Crippen LogP contribution in [0.25, 0.3) is 10.2 Å². The molecule has 1 atom stereocenters. The first-order valence-corrected chi connectivity index (χ1v) is 13.2. The molecule has 3 aromatic rings. The van der Waals surface area contributed by atoms with Crippen molar-refractivity contribution in [3.05, 3.63) is 53.6 Å². The number of carbonyl (C=O) groups excluding carboxylic acids is 1. The summed E-state index contributed by atoms with van der Waals surface area (Å²) in [5, 5.41) is 1.44.